The van der Waals surface area contributed by atoms with Crippen LogP contribution in [-0.4, -0.2) is 15.3 Å². The predicted molar refractivity (Wildman–Crippen MR) is 115 cm³/mol. The average molecular weight is 382 g/mol. The highest BCUT2D eigenvalue weighted by atomic mass is 16.1. The quantitative estimate of drug-likeness (QED) is 0.557. The Bertz CT molecular complexity index is 886. The third-order valence-corrected chi connectivity index (χ3v) is 4.97. The van der Waals surface area contributed by atoms with E-state index in [2.05, 4.69) is 59.1 Å². The summed E-state index contributed by atoms with van der Waals surface area (Å²) in [6.45, 7) is 15.0. The van der Waals surface area contributed by atoms with Crippen molar-refractivity contribution in [2.45, 2.75) is 92.5 Å². The molecule has 1 aromatic carbocycles. The first-order chi connectivity index (χ1) is 13.0. The van der Waals surface area contributed by atoms with E-state index in [1.807, 2.05) is 12.1 Å². The zero-order chi connectivity index (χ0) is 21.1. The van der Waals surface area contributed by atoms with Gasteiger partial charge in [-0.1, -0.05) is 27.7 Å². The number of carbonyl (C=O) groups excluding carboxylic acids is 1. The third-order valence-electron chi connectivity index (χ3n) is 4.97. The van der Waals surface area contributed by atoms with Gasteiger partial charge in [0.25, 0.3) is 0 Å². The van der Waals surface area contributed by atoms with Crippen molar-refractivity contribution in [2.75, 3.05) is 0 Å². The number of carbonyl (C=O) groups is 1. The van der Waals surface area contributed by atoms with Crippen molar-refractivity contribution in [3.63, 3.8) is 0 Å². The molecule has 0 aliphatic heterocycles. The Morgan fingerprint density at radius 2 is 1.82 bits per heavy atom. The van der Waals surface area contributed by atoms with Gasteiger partial charge < -0.3 is 4.57 Å². The lowest BCUT2D eigenvalue weighted by atomic mass is 9.88. The topological polar surface area (TPSA) is 58.7 Å². The van der Waals surface area contributed by atoms with Crippen molar-refractivity contribution in [2.24, 2.45) is 5.41 Å². The van der Waals surface area contributed by atoms with E-state index in [0.717, 1.165) is 53.7 Å². The van der Waals surface area contributed by atoms with E-state index < -0.39 is 0 Å². The number of fused-ring (bicyclic) bond motifs is 1. The zero-order valence-electron chi connectivity index (χ0n) is 18.6. The Labute approximate surface area is 170 Å². The standard InChI is InChI=1S/C24H35N3O/c1-8-19-17(16-25)13-14-20-22(19)27(24(5,6)7)21(26-20)12-10-9-11-18(28)15-23(2,3)4/h13-14H,8-12,15H2,1-7H3. The minimum atomic E-state index is -0.121. The molecule has 2 rings (SSSR count). The Morgan fingerprint density at radius 1 is 1.14 bits per heavy atom. The van der Waals surface area contributed by atoms with Crippen LogP contribution in [0.5, 0.6) is 0 Å². The molecule has 0 fully saturated rings. The van der Waals surface area contributed by atoms with Crippen LogP contribution in [0, 0.1) is 16.7 Å². The molecule has 0 saturated heterocycles. The first-order valence-electron chi connectivity index (χ1n) is 10.4. The first kappa shape index (κ1) is 22.1. The number of nitriles is 1. The lowest BCUT2D eigenvalue weighted by molar-refractivity contribution is -0.120. The second-order valence-electron chi connectivity index (χ2n) is 9.94. The highest BCUT2D eigenvalue weighted by molar-refractivity contribution is 5.82. The molecule has 4 heteroatoms. The van der Waals surface area contributed by atoms with Gasteiger partial charge in [-0.2, -0.15) is 5.26 Å². The van der Waals surface area contributed by atoms with Crippen LogP contribution in [0.4, 0.5) is 0 Å². The number of hydrogen-bond donors (Lipinski definition) is 0. The molecule has 28 heavy (non-hydrogen) atoms. The number of Topliss-reactive ketones (excluding diaryl/α,β-unsaturated/α-hetero) is 1. The molecule has 0 spiro atoms. The summed E-state index contributed by atoms with van der Waals surface area (Å²) in [5.74, 6) is 1.40. The minimum absolute atomic E-state index is 0.0618. The molecule has 1 aromatic heterocycles. The van der Waals surface area contributed by atoms with Gasteiger partial charge >= 0.3 is 0 Å². The molecule has 0 bridgehead atoms. The maximum Gasteiger partial charge on any atom is 0.133 e. The number of unbranched alkanes of at least 4 members (excludes halogenated alkanes) is 1. The number of nitrogens with zero attached hydrogens (tertiary/aromatic N) is 3. The van der Waals surface area contributed by atoms with E-state index in [1.165, 1.54) is 0 Å². The summed E-state index contributed by atoms with van der Waals surface area (Å²) in [5.41, 5.74) is 3.81. The summed E-state index contributed by atoms with van der Waals surface area (Å²) in [7, 11) is 0. The molecule has 2 aromatic rings. The van der Waals surface area contributed by atoms with Crippen molar-refractivity contribution >= 4 is 16.8 Å². The van der Waals surface area contributed by atoms with Crippen molar-refractivity contribution in [3.05, 3.63) is 29.1 Å². The number of benzene rings is 1. The number of imidazole rings is 1. The molecular formula is C24H35N3O. The van der Waals surface area contributed by atoms with Gasteiger partial charge in [-0.25, -0.2) is 4.98 Å². The van der Waals surface area contributed by atoms with Crippen LogP contribution in [-0.2, 0) is 23.2 Å². The smallest absolute Gasteiger partial charge is 0.133 e. The van der Waals surface area contributed by atoms with E-state index in [9.17, 15) is 10.1 Å². The fraction of sp³-hybridized carbons (Fsp3) is 0.625. The number of aryl methyl sites for hydroxylation is 2. The van der Waals surface area contributed by atoms with Gasteiger partial charge in [0.15, 0.2) is 0 Å². The Hall–Kier alpha value is -2.15. The number of rotatable bonds is 7. The molecule has 1 heterocycles. The van der Waals surface area contributed by atoms with E-state index in [-0.39, 0.29) is 11.0 Å². The van der Waals surface area contributed by atoms with Gasteiger partial charge in [0.2, 0.25) is 0 Å². The second kappa shape index (κ2) is 8.47. The number of hydrogen-bond acceptors (Lipinski definition) is 3. The van der Waals surface area contributed by atoms with Crippen molar-refractivity contribution in [3.8, 4) is 6.07 Å². The molecule has 0 aliphatic carbocycles. The monoisotopic (exact) mass is 381 g/mol. The van der Waals surface area contributed by atoms with Crippen LogP contribution in [0.3, 0.4) is 0 Å². The SMILES string of the molecule is CCc1c(C#N)ccc2nc(CCCCC(=O)CC(C)(C)C)n(C(C)(C)C)c12. The highest BCUT2D eigenvalue weighted by Crippen LogP contribution is 2.31. The molecule has 0 radical (unpaired) electrons. The lowest BCUT2D eigenvalue weighted by Crippen LogP contribution is -2.24. The Balaban J connectivity index is 2.26. The summed E-state index contributed by atoms with van der Waals surface area (Å²) < 4.78 is 2.30. The van der Waals surface area contributed by atoms with Crippen molar-refractivity contribution in [1.82, 2.24) is 9.55 Å². The fourth-order valence-electron chi connectivity index (χ4n) is 3.92. The third kappa shape index (κ3) is 5.22. The van der Waals surface area contributed by atoms with Crippen molar-refractivity contribution in [1.29, 1.82) is 5.26 Å². The molecule has 0 atom stereocenters. The van der Waals surface area contributed by atoms with Crippen LogP contribution in [0.25, 0.3) is 11.0 Å². The Morgan fingerprint density at radius 3 is 2.36 bits per heavy atom. The van der Waals surface area contributed by atoms with Crippen molar-refractivity contribution < 1.29 is 4.79 Å². The summed E-state index contributed by atoms with van der Waals surface area (Å²) in [6, 6.07) is 6.18. The van der Waals surface area contributed by atoms with Gasteiger partial charge in [0.05, 0.1) is 22.7 Å². The van der Waals surface area contributed by atoms with Crippen LogP contribution < -0.4 is 0 Å². The summed E-state index contributed by atoms with van der Waals surface area (Å²) in [6.07, 6.45) is 4.78. The fourth-order valence-corrected chi connectivity index (χ4v) is 3.92. The molecule has 0 saturated carbocycles. The van der Waals surface area contributed by atoms with Gasteiger partial charge in [-0.05, 0) is 63.1 Å². The van der Waals surface area contributed by atoms with Gasteiger partial charge in [-0.3, -0.25) is 4.79 Å². The average Bonchev–Trinajstić information content (AvgIpc) is 2.94. The molecule has 0 aliphatic rings. The largest absolute Gasteiger partial charge is 0.322 e. The normalized spacial score (nSPS) is 12.4. The maximum absolute atomic E-state index is 12.1. The van der Waals surface area contributed by atoms with Crippen LogP contribution in [0.2, 0.25) is 0 Å². The summed E-state index contributed by atoms with van der Waals surface area (Å²) in [4.78, 5) is 17.0. The lowest BCUT2D eigenvalue weighted by Gasteiger charge is -2.26. The summed E-state index contributed by atoms with van der Waals surface area (Å²) in [5, 5.41) is 9.50. The van der Waals surface area contributed by atoms with Crippen LogP contribution in [0.1, 0.15) is 91.1 Å². The highest BCUT2D eigenvalue weighted by Gasteiger charge is 2.24. The second-order valence-corrected chi connectivity index (χ2v) is 9.94. The minimum Gasteiger partial charge on any atom is -0.322 e. The molecule has 0 amide bonds. The summed E-state index contributed by atoms with van der Waals surface area (Å²) >= 11 is 0. The van der Waals surface area contributed by atoms with E-state index in [4.69, 9.17) is 4.98 Å². The van der Waals surface area contributed by atoms with E-state index >= 15 is 0 Å². The molecule has 4 nitrogen and oxygen atoms in total. The van der Waals surface area contributed by atoms with E-state index in [1.54, 1.807) is 0 Å². The Kier molecular flexibility index (Phi) is 6.70. The van der Waals surface area contributed by atoms with Crippen LogP contribution >= 0.6 is 0 Å². The van der Waals surface area contributed by atoms with Gasteiger partial charge in [-0.15, -0.1) is 0 Å². The molecule has 152 valence electrons. The van der Waals surface area contributed by atoms with Gasteiger partial charge in [0, 0.05) is 24.8 Å². The maximum atomic E-state index is 12.1. The van der Waals surface area contributed by atoms with E-state index in [0.29, 0.717) is 18.6 Å². The van der Waals surface area contributed by atoms with Gasteiger partial charge in [0.1, 0.15) is 11.6 Å². The zero-order valence-corrected chi connectivity index (χ0v) is 18.6. The predicted octanol–water partition coefficient (Wildman–Crippen LogP) is 5.94. The number of aromatic nitrogens is 2. The first-order valence-corrected chi connectivity index (χ1v) is 10.4. The molecular weight excluding hydrogens is 346 g/mol. The number of ketones is 1. The molecule has 0 unspecified atom stereocenters. The molecule has 0 N–H and O–H groups in total. The van der Waals surface area contributed by atoms with Crippen LogP contribution in [0.15, 0.2) is 12.1 Å².